The molecule has 4 rings (SSSR count). The van der Waals surface area contributed by atoms with E-state index in [0.29, 0.717) is 29.4 Å². The Morgan fingerprint density at radius 1 is 1.03 bits per heavy atom. The summed E-state index contributed by atoms with van der Waals surface area (Å²) in [5.41, 5.74) is 6.32. The van der Waals surface area contributed by atoms with Gasteiger partial charge in [0.15, 0.2) is 0 Å². The molecule has 3 amide bonds. The molecule has 0 saturated carbocycles. The molecule has 1 aliphatic rings. The number of hydrogen-bond donors (Lipinski definition) is 2. The number of hydrogen-bond acceptors (Lipinski definition) is 2. The largest absolute Gasteiger partial charge is 0.334 e. The maximum absolute atomic E-state index is 13.0. The highest BCUT2D eigenvalue weighted by molar-refractivity contribution is 6.31. The van der Waals surface area contributed by atoms with Crippen LogP contribution in [0.3, 0.4) is 0 Å². The predicted molar refractivity (Wildman–Crippen MR) is 125 cm³/mol. The third-order valence-corrected chi connectivity index (χ3v) is 5.85. The molecule has 2 N–H and O–H groups in total. The fourth-order valence-electron chi connectivity index (χ4n) is 3.71. The number of urea groups is 1. The summed E-state index contributed by atoms with van der Waals surface area (Å²) in [5, 5.41) is 6.25. The van der Waals surface area contributed by atoms with Gasteiger partial charge >= 0.3 is 6.03 Å². The van der Waals surface area contributed by atoms with Crippen molar-refractivity contribution in [2.24, 2.45) is 0 Å². The first-order valence-electron chi connectivity index (χ1n) is 10.2. The van der Waals surface area contributed by atoms with E-state index in [9.17, 15) is 9.59 Å². The molecule has 5 nitrogen and oxygen atoms in total. The lowest BCUT2D eigenvalue weighted by atomic mass is 10.1. The topological polar surface area (TPSA) is 61.4 Å². The van der Waals surface area contributed by atoms with Crippen LogP contribution in [0.5, 0.6) is 0 Å². The van der Waals surface area contributed by atoms with Crippen LogP contribution < -0.4 is 15.5 Å². The van der Waals surface area contributed by atoms with Crippen molar-refractivity contribution in [2.75, 3.05) is 16.8 Å². The van der Waals surface area contributed by atoms with E-state index in [1.54, 1.807) is 6.07 Å². The maximum atomic E-state index is 13.0. The Labute approximate surface area is 187 Å². The molecular formula is C25H24ClN3O2. The lowest BCUT2D eigenvalue weighted by Gasteiger charge is -2.18. The van der Waals surface area contributed by atoms with E-state index in [2.05, 4.69) is 10.6 Å². The standard InChI is InChI=1S/C25H24ClN3O2/c1-16-4-3-5-20(12-16)24(30)29-11-10-19-8-7-18(13-23(19)29)15-27-25(31)28-21-9-6-17(2)22(26)14-21/h3-9,12-14H,10-11,15H2,1-2H3,(H2,27,28,31). The van der Waals surface area contributed by atoms with Gasteiger partial charge in [-0.3, -0.25) is 4.79 Å². The van der Waals surface area contributed by atoms with Crippen LogP contribution in [0.15, 0.2) is 60.7 Å². The average molecular weight is 434 g/mol. The smallest absolute Gasteiger partial charge is 0.319 e. The molecule has 0 saturated heterocycles. The Kier molecular flexibility index (Phi) is 5.96. The van der Waals surface area contributed by atoms with E-state index in [1.807, 2.05) is 73.3 Å². The number of aryl methyl sites for hydroxylation is 2. The van der Waals surface area contributed by atoms with E-state index >= 15 is 0 Å². The van der Waals surface area contributed by atoms with E-state index in [-0.39, 0.29) is 11.9 Å². The lowest BCUT2D eigenvalue weighted by molar-refractivity contribution is 0.0989. The molecule has 1 aliphatic heterocycles. The summed E-state index contributed by atoms with van der Waals surface area (Å²) in [6.07, 6.45) is 0.829. The zero-order valence-corrected chi connectivity index (χ0v) is 18.3. The van der Waals surface area contributed by atoms with Crippen LogP contribution in [0, 0.1) is 13.8 Å². The van der Waals surface area contributed by atoms with Gasteiger partial charge in [-0.1, -0.05) is 47.5 Å². The minimum Gasteiger partial charge on any atom is -0.334 e. The number of rotatable bonds is 4. The van der Waals surface area contributed by atoms with Gasteiger partial charge in [0.25, 0.3) is 5.91 Å². The van der Waals surface area contributed by atoms with Crippen LogP contribution in [0.1, 0.15) is 32.6 Å². The van der Waals surface area contributed by atoms with Crippen molar-refractivity contribution in [3.05, 3.63) is 93.5 Å². The SMILES string of the molecule is Cc1cccc(C(=O)N2CCc3ccc(CNC(=O)Nc4ccc(C)c(Cl)c4)cc32)c1. The van der Waals surface area contributed by atoms with Gasteiger partial charge < -0.3 is 15.5 Å². The minimum atomic E-state index is -0.312. The quantitative estimate of drug-likeness (QED) is 0.572. The number of halogens is 1. The van der Waals surface area contributed by atoms with Crippen molar-refractivity contribution >= 4 is 34.9 Å². The molecule has 0 bridgehead atoms. The number of carbonyl (C=O) groups excluding carboxylic acids is 2. The molecule has 0 radical (unpaired) electrons. The van der Waals surface area contributed by atoms with Crippen molar-refractivity contribution in [2.45, 2.75) is 26.8 Å². The number of nitrogens with one attached hydrogen (secondary N) is 2. The maximum Gasteiger partial charge on any atom is 0.319 e. The monoisotopic (exact) mass is 433 g/mol. The Balaban J connectivity index is 1.43. The van der Waals surface area contributed by atoms with Gasteiger partial charge in [-0.25, -0.2) is 4.79 Å². The second-order valence-corrected chi connectivity index (χ2v) is 8.22. The molecule has 31 heavy (non-hydrogen) atoms. The second-order valence-electron chi connectivity index (χ2n) is 7.81. The first-order chi connectivity index (χ1) is 14.9. The molecule has 3 aromatic rings. The number of amides is 3. The number of carbonyl (C=O) groups is 2. The molecule has 3 aromatic carbocycles. The van der Waals surface area contributed by atoms with Gasteiger partial charge in [0.1, 0.15) is 0 Å². The van der Waals surface area contributed by atoms with Crippen molar-refractivity contribution in [1.29, 1.82) is 0 Å². The highest BCUT2D eigenvalue weighted by Gasteiger charge is 2.25. The van der Waals surface area contributed by atoms with Crippen molar-refractivity contribution in [1.82, 2.24) is 5.32 Å². The zero-order chi connectivity index (χ0) is 22.0. The second kappa shape index (κ2) is 8.82. The van der Waals surface area contributed by atoms with Crippen molar-refractivity contribution < 1.29 is 9.59 Å². The highest BCUT2D eigenvalue weighted by atomic mass is 35.5. The molecule has 0 aromatic heterocycles. The summed E-state index contributed by atoms with van der Waals surface area (Å²) in [7, 11) is 0. The van der Waals surface area contributed by atoms with Gasteiger partial charge in [0.2, 0.25) is 0 Å². The lowest BCUT2D eigenvalue weighted by Crippen LogP contribution is -2.29. The number of anilines is 2. The molecule has 158 valence electrons. The van der Waals surface area contributed by atoms with Gasteiger partial charge in [-0.05, 0) is 67.3 Å². The Bertz CT molecular complexity index is 1160. The van der Waals surface area contributed by atoms with Gasteiger partial charge in [-0.15, -0.1) is 0 Å². The van der Waals surface area contributed by atoms with Crippen LogP contribution in [-0.4, -0.2) is 18.5 Å². The molecular weight excluding hydrogens is 410 g/mol. The molecule has 1 heterocycles. The predicted octanol–water partition coefficient (Wildman–Crippen LogP) is 5.48. The van der Waals surface area contributed by atoms with Crippen LogP contribution in [0.4, 0.5) is 16.2 Å². The Morgan fingerprint density at radius 3 is 2.65 bits per heavy atom. The Morgan fingerprint density at radius 2 is 1.87 bits per heavy atom. The summed E-state index contributed by atoms with van der Waals surface area (Å²) < 4.78 is 0. The van der Waals surface area contributed by atoms with Crippen molar-refractivity contribution in [3.63, 3.8) is 0 Å². The van der Waals surface area contributed by atoms with Crippen LogP contribution in [-0.2, 0) is 13.0 Å². The number of nitrogens with zero attached hydrogens (tertiary/aromatic N) is 1. The summed E-state index contributed by atoms with van der Waals surface area (Å²) in [5.74, 6) is 0.00144. The average Bonchev–Trinajstić information content (AvgIpc) is 3.17. The third kappa shape index (κ3) is 4.72. The van der Waals surface area contributed by atoms with E-state index in [0.717, 1.165) is 34.4 Å². The van der Waals surface area contributed by atoms with E-state index < -0.39 is 0 Å². The van der Waals surface area contributed by atoms with Gasteiger partial charge in [0.05, 0.1) is 0 Å². The molecule has 0 atom stereocenters. The van der Waals surface area contributed by atoms with Gasteiger partial charge in [0, 0.05) is 35.1 Å². The third-order valence-electron chi connectivity index (χ3n) is 5.44. The molecule has 0 spiro atoms. The number of fused-ring (bicyclic) bond motifs is 1. The van der Waals surface area contributed by atoms with Gasteiger partial charge in [-0.2, -0.15) is 0 Å². The fraction of sp³-hybridized carbons (Fsp3) is 0.200. The normalized spacial score (nSPS) is 12.4. The Hall–Kier alpha value is -3.31. The molecule has 0 unspecified atom stereocenters. The molecule has 0 fully saturated rings. The summed E-state index contributed by atoms with van der Waals surface area (Å²) in [6.45, 7) is 4.90. The summed E-state index contributed by atoms with van der Waals surface area (Å²) >= 11 is 6.11. The highest BCUT2D eigenvalue weighted by Crippen LogP contribution is 2.30. The number of benzene rings is 3. The van der Waals surface area contributed by atoms with Crippen LogP contribution in [0.2, 0.25) is 5.02 Å². The first kappa shape index (κ1) is 20.9. The fourth-order valence-corrected chi connectivity index (χ4v) is 3.89. The zero-order valence-electron chi connectivity index (χ0n) is 17.5. The first-order valence-corrected chi connectivity index (χ1v) is 10.6. The van der Waals surface area contributed by atoms with E-state index in [1.165, 1.54) is 0 Å². The van der Waals surface area contributed by atoms with Crippen LogP contribution in [0.25, 0.3) is 0 Å². The van der Waals surface area contributed by atoms with E-state index in [4.69, 9.17) is 11.6 Å². The molecule has 0 aliphatic carbocycles. The van der Waals surface area contributed by atoms with Crippen molar-refractivity contribution in [3.8, 4) is 0 Å². The molecule has 6 heteroatoms. The summed E-state index contributed by atoms with van der Waals surface area (Å²) in [4.78, 5) is 27.1. The minimum absolute atomic E-state index is 0.00144. The summed E-state index contributed by atoms with van der Waals surface area (Å²) in [6, 6.07) is 18.7. The van der Waals surface area contributed by atoms with Crippen LogP contribution >= 0.6 is 11.6 Å².